The number of hydrogen-bond acceptors (Lipinski definition) is 9. The number of nitro benzene ring substituents is 1. The van der Waals surface area contributed by atoms with Crippen molar-refractivity contribution in [3.05, 3.63) is 34.1 Å². The third-order valence-electron chi connectivity index (χ3n) is 2.44. The van der Waals surface area contributed by atoms with Gasteiger partial charge in [0.1, 0.15) is 5.69 Å². The van der Waals surface area contributed by atoms with Crippen molar-refractivity contribution in [3.8, 4) is 0 Å². The minimum Gasteiger partial charge on any atom is -0.318 e. The monoisotopic (exact) mass is 314 g/mol. The minimum absolute atomic E-state index is 0.123. The van der Waals surface area contributed by atoms with Crippen LogP contribution in [0.4, 0.5) is 11.4 Å². The molecule has 0 bridgehead atoms. The Balaban J connectivity index is 2.25. The van der Waals surface area contributed by atoms with Gasteiger partial charge in [0.25, 0.3) is 5.69 Å². The van der Waals surface area contributed by atoms with Gasteiger partial charge in [-0.25, -0.2) is 13.1 Å². The lowest BCUT2D eigenvalue weighted by Gasteiger charge is -2.07. The number of aromatic amines is 1. The van der Waals surface area contributed by atoms with E-state index in [4.69, 9.17) is 5.84 Å². The molecule has 0 unspecified atom stereocenters. The molecular formula is C8H10N8O4S. The van der Waals surface area contributed by atoms with Gasteiger partial charge in [0.2, 0.25) is 10.0 Å². The van der Waals surface area contributed by atoms with Gasteiger partial charge < -0.3 is 5.43 Å². The first-order valence-corrected chi connectivity index (χ1v) is 6.89. The van der Waals surface area contributed by atoms with Crippen LogP contribution in [0.2, 0.25) is 0 Å². The number of nitro groups is 1. The van der Waals surface area contributed by atoms with E-state index in [0.717, 1.165) is 18.2 Å². The lowest BCUT2D eigenvalue weighted by molar-refractivity contribution is -0.384. The van der Waals surface area contributed by atoms with Crippen molar-refractivity contribution < 1.29 is 13.3 Å². The number of aromatic nitrogens is 4. The number of H-pyrrole nitrogens is 1. The number of nitrogen functional groups attached to an aromatic ring is 1. The van der Waals surface area contributed by atoms with Gasteiger partial charge in [-0.3, -0.25) is 16.0 Å². The van der Waals surface area contributed by atoms with E-state index in [1.807, 2.05) is 0 Å². The molecule has 0 aliphatic rings. The lowest BCUT2D eigenvalue weighted by Crippen LogP contribution is -2.24. The molecule has 0 atom stereocenters. The summed E-state index contributed by atoms with van der Waals surface area (Å²) >= 11 is 0. The summed E-state index contributed by atoms with van der Waals surface area (Å²) in [6.07, 6.45) is 0. The van der Waals surface area contributed by atoms with E-state index in [1.165, 1.54) is 0 Å². The lowest BCUT2D eigenvalue weighted by atomic mass is 10.3. The van der Waals surface area contributed by atoms with Crippen LogP contribution in [-0.2, 0) is 16.6 Å². The molecule has 0 aliphatic carbocycles. The highest BCUT2D eigenvalue weighted by atomic mass is 32.2. The SMILES string of the molecule is NNc1cc(S(=O)(=O)NCc2nn[nH]n2)ccc1[N+](=O)[O-]. The standard InChI is InChI=1S/C8H10N8O4S/c9-11-6-3-5(1-2-7(6)16(17)18)21(19,20)10-4-8-12-14-15-13-8/h1-3,10-11H,4,9H2,(H,12,13,14,15). The highest BCUT2D eigenvalue weighted by Crippen LogP contribution is 2.26. The molecule has 1 aromatic heterocycles. The Morgan fingerprint density at radius 2 is 2.19 bits per heavy atom. The largest absolute Gasteiger partial charge is 0.318 e. The third-order valence-corrected chi connectivity index (χ3v) is 3.84. The topological polar surface area (TPSA) is 182 Å². The maximum Gasteiger partial charge on any atom is 0.293 e. The van der Waals surface area contributed by atoms with Crippen molar-refractivity contribution in [1.29, 1.82) is 0 Å². The van der Waals surface area contributed by atoms with Gasteiger partial charge in [0.15, 0.2) is 5.82 Å². The van der Waals surface area contributed by atoms with E-state index in [1.54, 1.807) is 0 Å². The van der Waals surface area contributed by atoms with E-state index in [9.17, 15) is 18.5 Å². The van der Waals surface area contributed by atoms with Gasteiger partial charge in [-0.1, -0.05) is 5.21 Å². The molecule has 5 N–H and O–H groups in total. The van der Waals surface area contributed by atoms with Gasteiger partial charge >= 0.3 is 0 Å². The van der Waals surface area contributed by atoms with E-state index in [2.05, 4.69) is 30.8 Å². The molecule has 1 aromatic carbocycles. The summed E-state index contributed by atoms with van der Waals surface area (Å²) in [5.74, 6) is 5.30. The number of nitrogens with two attached hydrogens (primary N) is 1. The summed E-state index contributed by atoms with van der Waals surface area (Å²) in [6.45, 7) is -0.179. The third kappa shape index (κ3) is 3.28. The van der Waals surface area contributed by atoms with Crippen molar-refractivity contribution in [2.24, 2.45) is 5.84 Å². The zero-order chi connectivity index (χ0) is 15.5. The zero-order valence-corrected chi connectivity index (χ0v) is 11.2. The summed E-state index contributed by atoms with van der Waals surface area (Å²) in [4.78, 5) is 9.87. The van der Waals surface area contributed by atoms with Crippen LogP contribution in [0.1, 0.15) is 5.82 Å². The Morgan fingerprint density at radius 1 is 1.43 bits per heavy atom. The van der Waals surface area contributed by atoms with Gasteiger partial charge in [0, 0.05) is 6.07 Å². The molecule has 0 radical (unpaired) electrons. The van der Waals surface area contributed by atoms with Crippen LogP contribution in [0, 0.1) is 10.1 Å². The molecule has 0 amide bonds. The van der Waals surface area contributed by atoms with Crippen molar-refractivity contribution >= 4 is 21.4 Å². The van der Waals surface area contributed by atoms with E-state index >= 15 is 0 Å². The molecule has 12 nitrogen and oxygen atoms in total. The van der Waals surface area contributed by atoms with E-state index in [0.29, 0.717) is 0 Å². The molecule has 2 aromatic rings. The van der Waals surface area contributed by atoms with Crippen LogP contribution in [0.25, 0.3) is 0 Å². The number of hydrazine groups is 1. The number of benzene rings is 1. The first-order valence-electron chi connectivity index (χ1n) is 5.41. The minimum atomic E-state index is -3.90. The second kappa shape index (κ2) is 5.78. The number of tetrazole rings is 1. The Morgan fingerprint density at radius 3 is 2.76 bits per heavy atom. The van der Waals surface area contributed by atoms with E-state index < -0.39 is 14.9 Å². The Kier molecular flexibility index (Phi) is 4.06. The number of nitrogens with one attached hydrogen (secondary N) is 3. The predicted molar refractivity (Wildman–Crippen MR) is 69.1 cm³/mol. The smallest absolute Gasteiger partial charge is 0.293 e. The molecule has 1 heterocycles. The Labute approximate surface area is 117 Å². The van der Waals surface area contributed by atoms with Crippen LogP contribution in [0.15, 0.2) is 23.1 Å². The van der Waals surface area contributed by atoms with Crippen LogP contribution in [0.5, 0.6) is 0 Å². The molecule has 0 spiro atoms. The van der Waals surface area contributed by atoms with Crippen molar-refractivity contribution in [3.63, 3.8) is 0 Å². The summed E-state index contributed by atoms with van der Waals surface area (Å²) < 4.78 is 26.3. The summed E-state index contributed by atoms with van der Waals surface area (Å²) in [6, 6.07) is 3.19. The number of nitrogens with zero attached hydrogens (tertiary/aromatic N) is 4. The average Bonchev–Trinajstić information content (AvgIpc) is 2.97. The van der Waals surface area contributed by atoms with Gasteiger partial charge in [0.05, 0.1) is 16.4 Å². The summed E-state index contributed by atoms with van der Waals surface area (Å²) in [5, 5.41) is 23.4. The van der Waals surface area contributed by atoms with Gasteiger partial charge in [-0.2, -0.15) is 5.21 Å². The maximum atomic E-state index is 12.0. The molecule has 112 valence electrons. The molecule has 0 saturated heterocycles. The van der Waals surface area contributed by atoms with Gasteiger partial charge in [-0.05, 0) is 12.1 Å². The molecule has 13 heteroatoms. The number of hydrogen-bond donors (Lipinski definition) is 4. The molecule has 0 aliphatic heterocycles. The van der Waals surface area contributed by atoms with Crippen molar-refractivity contribution in [2.75, 3.05) is 5.43 Å². The van der Waals surface area contributed by atoms with Crippen LogP contribution in [-0.4, -0.2) is 34.0 Å². The van der Waals surface area contributed by atoms with Crippen molar-refractivity contribution in [1.82, 2.24) is 25.3 Å². The fourth-order valence-corrected chi connectivity index (χ4v) is 2.46. The fourth-order valence-electron chi connectivity index (χ4n) is 1.46. The molecular weight excluding hydrogens is 304 g/mol. The fraction of sp³-hybridized carbons (Fsp3) is 0.125. The first kappa shape index (κ1) is 14.8. The Bertz CT molecular complexity index is 744. The first-order chi connectivity index (χ1) is 9.94. The highest BCUT2D eigenvalue weighted by molar-refractivity contribution is 7.89. The Hall–Kier alpha value is -2.64. The van der Waals surface area contributed by atoms with Crippen molar-refractivity contribution in [2.45, 2.75) is 11.4 Å². The predicted octanol–water partition coefficient (Wildman–Crippen LogP) is -1.13. The van der Waals surface area contributed by atoms with E-state index in [-0.39, 0.29) is 28.6 Å². The maximum absolute atomic E-state index is 12.0. The molecule has 0 saturated carbocycles. The quantitative estimate of drug-likeness (QED) is 0.291. The summed E-state index contributed by atoms with van der Waals surface area (Å²) in [5.41, 5.74) is 1.62. The number of sulfonamides is 1. The van der Waals surface area contributed by atoms with Crippen LogP contribution in [0.3, 0.4) is 0 Å². The second-order valence-electron chi connectivity index (χ2n) is 3.73. The average molecular weight is 314 g/mol. The van der Waals surface area contributed by atoms with Crippen LogP contribution >= 0.6 is 0 Å². The zero-order valence-electron chi connectivity index (χ0n) is 10.3. The van der Waals surface area contributed by atoms with Crippen LogP contribution < -0.4 is 16.0 Å². The number of rotatable bonds is 6. The molecule has 2 rings (SSSR count). The van der Waals surface area contributed by atoms with Gasteiger partial charge in [-0.15, -0.1) is 10.2 Å². The molecule has 21 heavy (non-hydrogen) atoms. The molecule has 0 fully saturated rings. The number of anilines is 1. The summed E-state index contributed by atoms with van der Waals surface area (Å²) in [7, 11) is -3.90. The second-order valence-corrected chi connectivity index (χ2v) is 5.50. The normalized spacial score (nSPS) is 11.3. The highest BCUT2D eigenvalue weighted by Gasteiger charge is 2.20.